The standard InChI is InChI=1S/C11H19F3N2O/c1-10(15-2)5-7-16(8-6-10)9(17)3-4-11(12,13)14/h15H,3-8H2,1-2H3. The second-order valence-corrected chi connectivity index (χ2v) is 4.81. The normalized spacial score (nSPS) is 20.4. The summed E-state index contributed by atoms with van der Waals surface area (Å²) in [4.78, 5) is 13.1. The van der Waals surface area contributed by atoms with E-state index in [-0.39, 0.29) is 11.4 Å². The molecule has 0 spiro atoms. The van der Waals surface area contributed by atoms with E-state index in [4.69, 9.17) is 0 Å². The van der Waals surface area contributed by atoms with Gasteiger partial charge in [-0.25, -0.2) is 0 Å². The minimum Gasteiger partial charge on any atom is -0.343 e. The van der Waals surface area contributed by atoms with Crippen LogP contribution >= 0.6 is 0 Å². The summed E-state index contributed by atoms with van der Waals surface area (Å²) in [6.07, 6.45) is -4.14. The van der Waals surface area contributed by atoms with Crippen molar-refractivity contribution in [3.63, 3.8) is 0 Å². The molecule has 1 heterocycles. The second-order valence-electron chi connectivity index (χ2n) is 4.81. The van der Waals surface area contributed by atoms with Crippen LogP contribution in [0.4, 0.5) is 13.2 Å². The molecule has 1 amide bonds. The molecule has 1 rings (SSSR count). The molecular formula is C11H19F3N2O. The number of alkyl halides is 3. The summed E-state index contributed by atoms with van der Waals surface area (Å²) in [5.74, 6) is -0.388. The zero-order chi connectivity index (χ0) is 13.1. The fraction of sp³-hybridized carbons (Fsp3) is 0.909. The lowest BCUT2D eigenvalue weighted by molar-refractivity contribution is -0.150. The van der Waals surface area contributed by atoms with Gasteiger partial charge in [0.2, 0.25) is 5.91 Å². The molecule has 0 saturated carbocycles. The number of rotatable bonds is 3. The van der Waals surface area contributed by atoms with E-state index in [1.165, 1.54) is 4.90 Å². The molecule has 0 bridgehead atoms. The van der Waals surface area contributed by atoms with Crippen molar-refractivity contribution in [2.45, 2.75) is 44.3 Å². The molecule has 1 aliphatic heterocycles. The van der Waals surface area contributed by atoms with Crippen LogP contribution in [-0.2, 0) is 4.79 Å². The molecule has 6 heteroatoms. The van der Waals surface area contributed by atoms with Gasteiger partial charge < -0.3 is 10.2 Å². The predicted octanol–water partition coefficient (Wildman–Crippen LogP) is 1.93. The lowest BCUT2D eigenvalue weighted by Crippen LogP contribution is -2.51. The van der Waals surface area contributed by atoms with Crippen molar-refractivity contribution in [2.24, 2.45) is 0 Å². The summed E-state index contributed by atoms with van der Waals surface area (Å²) in [5, 5.41) is 3.18. The molecule has 1 aliphatic rings. The Hall–Kier alpha value is -0.780. The molecule has 3 nitrogen and oxygen atoms in total. The van der Waals surface area contributed by atoms with Crippen LogP contribution in [0.1, 0.15) is 32.6 Å². The van der Waals surface area contributed by atoms with Crippen LogP contribution in [0.25, 0.3) is 0 Å². The number of nitrogens with zero attached hydrogens (tertiary/aromatic N) is 1. The van der Waals surface area contributed by atoms with Crippen LogP contribution in [0.5, 0.6) is 0 Å². The van der Waals surface area contributed by atoms with E-state index in [0.29, 0.717) is 13.1 Å². The molecule has 100 valence electrons. The fourth-order valence-corrected chi connectivity index (χ4v) is 1.91. The molecule has 1 fully saturated rings. The number of amides is 1. The molecule has 0 aliphatic carbocycles. The van der Waals surface area contributed by atoms with E-state index in [2.05, 4.69) is 12.2 Å². The van der Waals surface area contributed by atoms with Gasteiger partial charge in [0.15, 0.2) is 0 Å². The Bertz CT molecular complexity index is 270. The number of likely N-dealkylation sites (tertiary alicyclic amines) is 1. The number of hydrogen-bond acceptors (Lipinski definition) is 2. The first-order valence-electron chi connectivity index (χ1n) is 5.79. The van der Waals surface area contributed by atoms with Crippen molar-refractivity contribution in [1.82, 2.24) is 10.2 Å². The number of piperidine rings is 1. The highest BCUT2D eigenvalue weighted by molar-refractivity contribution is 5.76. The number of nitrogens with one attached hydrogen (secondary N) is 1. The van der Waals surface area contributed by atoms with Crippen molar-refractivity contribution < 1.29 is 18.0 Å². The fourth-order valence-electron chi connectivity index (χ4n) is 1.91. The summed E-state index contributed by atoms with van der Waals surface area (Å²) in [6.45, 7) is 3.13. The quantitative estimate of drug-likeness (QED) is 0.832. The SMILES string of the molecule is CNC1(C)CCN(C(=O)CCC(F)(F)F)CC1. The molecule has 1 saturated heterocycles. The molecule has 1 N–H and O–H groups in total. The molecule has 0 aromatic rings. The van der Waals surface area contributed by atoms with Gasteiger partial charge in [0.25, 0.3) is 0 Å². The number of carbonyl (C=O) groups is 1. The highest BCUT2D eigenvalue weighted by Crippen LogP contribution is 2.24. The molecule has 0 unspecified atom stereocenters. The molecule has 0 aromatic heterocycles. The van der Waals surface area contributed by atoms with Crippen molar-refractivity contribution in [1.29, 1.82) is 0 Å². The van der Waals surface area contributed by atoms with Gasteiger partial charge in [-0.3, -0.25) is 4.79 Å². The Labute approximate surface area is 99.4 Å². The van der Waals surface area contributed by atoms with Gasteiger partial charge >= 0.3 is 6.18 Å². The van der Waals surface area contributed by atoms with Crippen molar-refractivity contribution >= 4 is 5.91 Å². The van der Waals surface area contributed by atoms with E-state index in [0.717, 1.165) is 12.8 Å². The predicted molar refractivity (Wildman–Crippen MR) is 58.6 cm³/mol. The average Bonchev–Trinajstić information content (AvgIpc) is 2.26. The first-order chi connectivity index (χ1) is 7.76. The van der Waals surface area contributed by atoms with Gasteiger partial charge in [-0.05, 0) is 26.8 Å². The Balaban J connectivity index is 2.36. The highest BCUT2D eigenvalue weighted by Gasteiger charge is 2.32. The first kappa shape index (κ1) is 14.3. The maximum Gasteiger partial charge on any atom is 0.389 e. The van der Waals surface area contributed by atoms with E-state index in [1.807, 2.05) is 7.05 Å². The van der Waals surface area contributed by atoms with Crippen molar-refractivity contribution in [3.05, 3.63) is 0 Å². The van der Waals surface area contributed by atoms with Crippen molar-refractivity contribution in [2.75, 3.05) is 20.1 Å². The number of hydrogen-bond donors (Lipinski definition) is 1. The highest BCUT2D eigenvalue weighted by atomic mass is 19.4. The lowest BCUT2D eigenvalue weighted by atomic mass is 9.90. The van der Waals surface area contributed by atoms with Gasteiger partial charge in [0.1, 0.15) is 0 Å². The largest absolute Gasteiger partial charge is 0.389 e. The van der Waals surface area contributed by atoms with Crippen LogP contribution in [0.3, 0.4) is 0 Å². The van der Waals surface area contributed by atoms with Crippen LogP contribution in [-0.4, -0.2) is 42.7 Å². The molecular weight excluding hydrogens is 233 g/mol. The maximum absolute atomic E-state index is 12.0. The minimum absolute atomic E-state index is 0.000801. The summed E-state index contributed by atoms with van der Waals surface area (Å²) in [5.41, 5.74) is 0.000801. The van der Waals surface area contributed by atoms with Gasteiger partial charge in [-0.15, -0.1) is 0 Å². The molecule has 0 radical (unpaired) electrons. The third-order valence-electron chi connectivity index (χ3n) is 3.45. The number of halogens is 3. The van der Waals surface area contributed by atoms with E-state index < -0.39 is 19.0 Å². The van der Waals surface area contributed by atoms with Crippen LogP contribution in [0.15, 0.2) is 0 Å². The summed E-state index contributed by atoms with van der Waals surface area (Å²) >= 11 is 0. The van der Waals surface area contributed by atoms with Gasteiger partial charge in [-0.1, -0.05) is 0 Å². The summed E-state index contributed by atoms with van der Waals surface area (Å²) in [6, 6.07) is 0. The third kappa shape index (κ3) is 4.53. The smallest absolute Gasteiger partial charge is 0.343 e. The zero-order valence-corrected chi connectivity index (χ0v) is 10.2. The van der Waals surface area contributed by atoms with Crippen LogP contribution in [0.2, 0.25) is 0 Å². The Kier molecular flexibility index (Phi) is 4.41. The zero-order valence-electron chi connectivity index (χ0n) is 10.2. The van der Waals surface area contributed by atoms with Gasteiger partial charge in [0, 0.05) is 25.0 Å². The van der Waals surface area contributed by atoms with Crippen LogP contribution < -0.4 is 5.32 Å². The third-order valence-corrected chi connectivity index (χ3v) is 3.45. The van der Waals surface area contributed by atoms with E-state index >= 15 is 0 Å². The summed E-state index contributed by atoms with van der Waals surface area (Å²) in [7, 11) is 1.86. The Morgan fingerprint density at radius 3 is 2.29 bits per heavy atom. The lowest BCUT2D eigenvalue weighted by Gasteiger charge is -2.39. The van der Waals surface area contributed by atoms with Crippen LogP contribution in [0, 0.1) is 0 Å². The summed E-state index contributed by atoms with van der Waals surface area (Å²) < 4.78 is 35.9. The minimum atomic E-state index is -4.25. The van der Waals surface area contributed by atoms with Gasteiger partial charge in [0.05, 0.1) is 6.42 Å². The monoisotopic (exact) mass is 252 g/mol. The molecule has 17 heavy (non-hydrogen) atoms. The second kappa shape index (κ2) is 5.25. The Morgan fingerprint density at radius 2 is 1.88 bits per heavy atom. The first-order valence-corrected chi connectivity index (χ1v) is 5.79. The maximum atomic E-state index is 12.0. The van der Waals surface area contributed by atoms with Gasteiger partial charge in [-0.2, -0.15) is 13.2 Å². The van der Waals surface area contributed by atoms with Crippen molar-refractivity contribution in [3.8, 4) is 0 Å². The number of carbonyl (C=O) groups excluding carboxylic acids is 1. The average molecular weight is 252 g/mol. The molecule has 0 aromatic carbocycles. The Morgan fingerprint density at radius 1 is 1.35 bits per heavy atom. The van der Waals surface area contributed by atoms with E-state index in [9.17, 15) is 18.0 Å². The topological polar surface area (TPSA) is 32.3 Å². The molecule has 0 atom stereocenters. The van der Waals surface area contributed by atoms with E-state index in [1.54, 1.807) is 0 Å².